The molecule has 2 aliphatic heterocycles. The van der Waals surface area contributed by atoms with Gasteiger partial charge in [0.05, 0.1) is 0 Å². The van der Waals surface area contributed by atoms with E-state index in [1.54, 1.807) is 21.9 Å². The number of ketones is 1. The van der Waals surface area contributed by atoms with Gasteiger partial charge in [-0.25, -0.2) is 4.98 Å². The summed E-state index contributed by atoms with van der Waals surface area (Å²) in [5.41, 5.74) is 1.56. The van der Waals surface area contributed by atoms with Crippen molar-refractivity contribution in [3.63, 3.8) is 0 Å². The van der Waals surface area contributed by atoms with E-state index in [1.807, 2.05) is 43.9 Å². The molecule has 230 valence electrons. The van der Waals surface area contributed by atoms with Gasteiger partial charge in [0.15, 0.2) is 11.8 Å². The van der Waals surface area contributed by atoms with Crippen LogP contribution in [0, 0.1) is 19.8 Å². The monoisotopic (exact) mass is 599 g/mol. The van der Waals surface area contributed by atoms with Gasteiger partial charge in [0.25, 0.3) is 11.9 Å². The van der Waals surface area contributed by atoms with Crippen molar-refractivity contribution in [1.29, 1.82) is 0 Å². The molecular weight excluding hydrogens is 563 g/mol. The summed E-state index contributed by atoms with van der Waals surface area (Å²) in [7, 11) is 0. The SMILES string of the molecule is Cc1ccc(C)c(C(O)C(=O)N2CCN(c3ccc(CC(=O)c4oc(N5CCCC(C)C5)nc4C(F)(F)F)cn3)CC2)c1. The molecule has 2 fully saturated rings. The van der Waals surface area contributed by atoms with Crippen LogP contribution in [0.2, 0.25) is 0 Å². The summed E-state index contributed by atoms with van der Waals surface area (Å²) >= 11 is 0. The zero-order chi connectivity index (χ0) is 30.9. The van der Waals surface area contributed by atoms with Crippen molar-refractivity contribution in [3.8, 4) is 0 Å². The van der Waals surface area contributed by atoms with Gasteiger partial charge in [-0.2, -0.15) is 18.2 Å². The Labute approximate surface area is 248 Å². The summed E-state index contributed by atoms with van der Waals surface area (Å²) in [6.07, 6.45) is -3.13. The number of oxazole rings is 1. The van der Waals surface area contributed by atoms with Crippen molar-refractivity contribution in [2.75, 3.05) is 49.1 Å². The minimum atomic E-state index is -4.82. The largest absolute Gasteiger partial charge is 0.437 e. The molecule has 9 nitrogen and oxygen atoms in total. The van der Waals surface area contributed by atoms with E-state index in [2.05, 4.69) is 9.97 Å². The Balaban J connectivity index is 1.20. The number of alkyl halides is 3. The first-order valence-corrected chi connectivity index (χ1v) is 14.5. The van der Waals surface area contributed by atoms with Crippen molar-refractivity contribution in [2.24, 2.45) is 5.92 Å². The maximum Gasteiger partial charge on any atom is 0.437 e. The molecule has 1 aromatic carbocycles. The van der Waals surface area contributed by atoms with E-state index in [9.17, 15) is 27.9 Å². The molecule has 2 unspecified atom stereocenters. The number of benzene rings is 1. The van der Waals surface area contributed by atoms with Gasteiger partial charge in [-0.15, -0.1) is 0 Å². The number of hydrogen-bond donors (Lipinski definition) is 1. The summed E-state index contributed by atoms with van der Waals surface area (Å²) in [4.78, 5) is 39.3. The van der Waals surface area contributed by atoms with Crippen LogP contribution in [0.4, 0.5) is 25.0 Å². The fourth-order valence-corrected chi connectivity index (χ4v) is 5.68. The lowest BCUT2D eigenvalue weighted by molar-refractivity contribution is -0.142. The topological polar surface area (TPSA) is 103 Å². The highest BCUT2D eigenvalue weighted by atomic mass is 19.4. The number of piperazine rings is 1. The van der Waals surface area contributed by atoms with Gasteiger partial charge in [0.1, 0.15) is 5.82 Å². The minimum Gasteiger partial charge on any atom is -0.420 e. The number of carbonyl (C=O) groups excluding carboxylic acids is 2. The highest BCUT2D eigenvalue weighted by Gasteiger charge is 2.42. The van der Waals surface area contributed by atoms with Crippen LogP contribution in [0.1, 0.15) is 64.4 Å². The number of pyridine rings is 1. The maximum atomic E-state index is 13.8. The molecule has 43 heavy (non-hydrogen) atoms. The molecular formula is C31H36F3N5O4. The number of piperidine rings is 1. The zero-order valence-electron chi connectivity index (χ0n) is 24.5. The molecule has 0 spiro atoms. The van der Waals surface area contributed by atoms with Gasteiger partial charge in [0.2, 0.25) is 11.5 Å². The lowest BCUT2D eigenvalue weighted by atomic mass is 10.00. The average Bonchev–Trinajstić information content (AvgIpc) is 3.45. The second kappa shape index (κ2) is 12.4. The molecule has 0 aliphatic carbocycles. The lowest BCUT2D eigenvalue weighted by Crippen LogP contribution is -2.50. The Morgan fingerprint density at radius 3 is 2.47 bits per heavy atom. The quantitative estimate of drug-likeness (QED) is 0.389. The summed E-state index contributed by atoms with van der Waals surface area (Å²) in [5, 5.41) is 10.7. The van der Waals surface area contributed by atoms with E-state index in [1.165, 1.54) is 6.20 Å². The number of hydrogen-bond acceptors (Lipinski definition) is 8. The van der Waals surface area contributed by atoms with Gasteiger partial charge in [-0.1, -0.05) is 36.8 Å². The first kappa shape index (κ1) is 30.5. The summed E-state index contributed by atoms with van der Waals surface area (Å²) in [5.74, 6) is -1.04. The fraction of sp³-hybridized carbons (Fsp3) is 0.484. The van der Waals surface area contributed by atoms with Crippen molar-refractivity contribution in [1.82, 2.24) is 14.9 Å². The molecule has 0 saturated carbocycles. The van der Waals surface area contributed by atoms with Crippen molar-refractivity contribution in [3.05, 3.63) is 70.2 Å². The van der Waals surface area contributed by atoms with Crippen LogP contribution in [0.5, 0.6) is 0 Å². The van der Waals surface area contributed by atoms with Crippen molar-refractivity contribution in [2.45, 2.75) is 52.3 Å². The standard InChI is InChI=1S/C31H36F3N5O4/c1-19-6-7-21(3)23(15-19)26(41)29(42)38-13-11-37(12-14-38)25-9-8-22(17-35-25)16-24(40)27-28(31(32,33)34)36-30(43-27)39-10-4-5-20(2)18-39/h6-9,15,17,20,26,41H,4-5,10-14,16,18H2,1-3H3. The molecule has 12 heteroatoms. The number of aryl methyl sites for hydroxylation is 2. The van der Waals surface area contributed by atoms with Gasteiger partial charge in [-0.3, -0.25) is 9.59 Å². The zero-order valence-corrected chi connectivity index (χ0v) is 24.5. The number of aliphatic hydroxyl groups is 1. The van der Waals surface area contributed by atoms with E-state index < -0.39 is 29.5 Å². The van der Waals surface area contributed by atoms with Gasteiger partial charge < -0.3 is 24.2 Å². The number of Topliss-reactive ketones (excluding diaryl/α,β-unsaturated/α-hetero) is 1. The second-order valence-electron chi connectivity index (χ2n) is 11.6. The van der Waals surface area contributed by atoms with E-state index in [4.69, 9.17) is 4.42 Å². The third kappa shape index (κ3) is 6.84. The molecule has 2 aromatic heterocycles. The minimum absolute atomic E-state index is 0.171. The third-order valence-corrected chi connectivity index (χ3v) is 8.12. The van der Waals surface area contributed by atoms with Crippen LogP contribution in [-0.4, -0.2) is 70.9 Å². The molecule has 5 rings (SSSR count). The Hall–Kier alpha value is -3.93. The molecule has 0 bridgehead atoms. The van der Waals surface area contributed by atoms with Gasteiger partial charge in [-0.05, 0) is 55.4 Å². The van der Waals surface area contributed by atoms with Crippen LogP contribution in [-0.2, 0) is 17.4 Å². The van der Waals surface area contributed by atoms with Crippen LogP contribution >= 0.6 is 0 Å². The molecule has 3 aromatic rings. The number of aliphatic hydroxyl groups excluding tert-OH is 1. The number of nitrogens with zero attached hydrogens (tertiary/aromatic N) is 5. The predicted octanol–water partition coefficient (Wildman–Crippen LogP) is 4.75. The highest BCUT2D eigenvalue weighted by Crippen LogP contribution is 2.35. The maximum absolute atomic E-state index is 13.8. The van der Waals surface area contributed by atoms with Gasteiger partial charge >= 0.3 is 6.18 Å². The van der Waals surface area contributed by atoms with Crippen LogP contribution in [0.15, 0.2) is 40.9 Å². The Morgan fingerprint density at radius 2 is 1.81 bits per heavy atom. The Kier molecular flexibility index (Phi) is 8.77. The number of amides is 1. The average molecular weight is 600 g/mol. The van der Waals surface area contributed by atoms with E-state index in [0.29, 0.717) is 56.2 Å². The summed E-state index contributed by atoms with van der Waals surface area (Å²) in [6, 6.07) is 8.83. The van der Waals surface area contributed by atoms with E-state index in [0.717, 1.165) is 24.0 Å². The molecule has 2 aliphatic rings. The second-order valence-corrected chi connectivity index (χ2v) is 11.6. The number of rotatable bonds is 7. The van der Waals surface area contributed by atoms with Crippen molar-refractivity contribution >= 4 is 23.5 Å². The third-order valence-electron chi connectivity index (χ3n) is 8.12. The number of carbonyl (C=O) groups is 2. The Morgan fingerprint density at radius 1 is 1.07 bits per heavy atom. The van der Waals surface area contributed by atoms with Crippen LogP contribution < -0.4 is 9.80 Å². The van der Waals surface area contributed by atoms with E-state index >= 15 is 0 Å². The Bertz CT molecular complexity index is 1470. The number of aromatic nitrogens is 2. The summed E-state index contributed by atoms with van der Waals surface area (Å²) in [6.45, 7) is 8.60. The predicted molar refractivity (Wildman–Crippen MR) is 154 cm³/mol. The fourth-order valence-electron chi connectivity index (χ4n) is 5.68. The van der Waals surface area contributed by atoms with E-state index in [-0.39, 0.29) is 24.3 Å². The van der Waals surface area contributed by atoms with Gasteiger partial charge in [0, 0.05) is 51.9 Å². The van der Waals surface area contributed by atoms with Crippen LogP contribution in [0.3, 0.4) is 0 Å². The molecule has 2 atom stereocenters. The normalized spacial score (nSPS) is 18.6. The number of halogens is 3. The molecule has 2 saturated heterocycles. The van der Waals surface area contributed by atoms with Crippen LogP contribution in [0.25, 0.3) is 0 Å². The molecule has 1 amide bonds. The molecule has 4 heterocycles. The van der Waals surface area contributed by atoms with Crippen molar-refractivity contribution < 1.29 is 32.3 Å². The first-order chi connectivity index (χ1) is 20.4. The lowest BCUT2D eigenvalue weighted by Gasteiger charge is -2.36. The first-order valence-electron chi connectivity index (χ1n) is 14.5. The molecule has 1 N–H and O–H groups in total. The molecule has 0 radical (unpaired) electrons. The summed E-state index contributed by atoms with van der Waals surface area (Å²) < 4.78 is 46.7. The smallest absolute Gasteiger partial charge is 0.420 e. The highest BCUT2D eigenvalue weighted by molar-refractivity contribution is 5.96. The number of anilines is 2.